The Hall–Kier alpha value is -3.90. The minimum atomic E-state index is -4.70. The Labute approximate surface area is 252 Å². The van der Waals surface area contributed by atoms with E-state index in [1.807, 2.05) is 80.6 Å². The first-order chi connectivity index (χ1) is 20.6. The third-order valence-corrected chi connectivity index (χ3v) is 8.46. The predicted molar refractivity (Wildman–Crippen MR) is 165 cm³/mol. The molecule has 0 saturated carbocycles. The smallest absolute Gasteiger partial charge is 0.416 e. The minimum Gasteiger partial charge on any atom is -0.481 e. The summed E-state index contributed by atoms with van der Waals surface area (Å²) < 4.78 is 45.4. The number of hydrogen-bond acceptors (Lipinski definition) is 2. The van der Waals surface area contributed by atoms with E-state index in [-0.39, 0.29) is 29.5 Å². The quantitative estimate of drug-likeness (QED) is 0.213. The van der Waals surface area contributed by atoms with Gasteiger partial charge in [-0.3, -0.25) is 9.69 Å². The highest BCUT2D eigenvalue weighted by Gasteiger charge is 2.42. The largest absolute Gasteiger partial charge is 0.481 e. The monoisotopic (exact) mass is 585 g/mol. The summed E-state index contributed by atoms with van der Waals surface area (Å²) in [7, 11) is 0. The number of benzene rings is 4. The van der Waals surface area contributed by atoms with Gasteiger partial charge in [-0.2, -0.15) is 13.2 Å². The van der Waals surface area contributed by atoms with Crippen molar-refractivity contribution in [3.63, 3.8) is 0 Å². The Morgan fingerprint density at radius 3 is 1.93 bits per heavy atom. The number of alkyl halides is 3. The van der Waals surface area contributed by atoms with E-state index in [4.69, 9.17) is 0 Å². The highest BCUT2D eigenvalue weighted by molar-refractivity contribution is 5.79. The number of carboxylic acid groups (broad SMARTS) is 1. The van der Waals surface area contributed by atoms with Crippen LogP contribution in [-0.4, -0.2) is 29.1 Å². The molecular formula is C37H38F3NO2. The molecule has 3 nitrogen and oxygen atoms in total. The highest BCUT2D eigenvalue weighted by Crippen LogP contribution is 2.46. The lowest BCUT2D eigenvalue weighted by Gasteiger charge is -2.40. The molecule has 0 aromatic heterocycles. The number of hydrogen-bond donors (Lipinski definition) is 1. The van der Waals surface area contributed by atoms with Crippen molar-refractivity contribution in [3.05, 3.63) is 131 Å². The van der Waals surface area contributed by atoms with Gasteiger partial charge >= 0.3 is 12.1 Å². The van der Waals surface area contributed by atoms with E-state index in [1.54, 1.807) is 6.07 Å². The summed E-state index contributed by atoms with van der Waals surface area (Å²) in [5.41, 5.74) is 2.86. The van der Waals surface area contributed by atoms with E-state index in [9.17, 15) is 9.90 Å². The molecule has 1 fully saturated rings. The van der Waals surface area contributed by atoms with E-state index in [0.717, 1.165) is 29.7 Å². The highest BCUT2D eigenvalue weighted by atomic mass is 19.4. The molecule has 0 bridgehead atoms. The lowest BCUT2D eigenvalue weighted by molar-refractivity contribution is -0.142. The van der Waals surface area contributed by atoms with Crippen LogP contribution in [0.2, 0.25) is 0 Å². The van der Waals surface area contributed by atoms with Crippen LogP contribution >= 0.6 is 0 Å². The van der Waals surface area contributed by atoms with Crippen molar-refractivity contribution in [3.8, 4) is 11.1 Å². The predicted octanol–water partition coefficient (Wildman–Crippen LogP) is 9.56. The molecule has 0 radical (unpaired) electrons. The van der Waals surface area contributed by atoms with Crippen LogP contribution in [0.5, 0.6) is 0 Å². The van der Waals surface area contributed by atoms with Gasteiger partial charge in [-0.05, 0) is 77.1 Å². The Kier molecular flexibility index (Phi) is 9.36. The van der Waals surface area contributed by atoms with Gasteiger partial charge in [0.1, 0.15) is 0 Å². The summed E-state index contributed by atoms with van der Waals surface area (Å²) in [5, 5.41) is 10.2. The van der Waals surface area contributed by atoms with E-state index in [1.165, 1.54) is 6.07 Å². The fourth-order valence-corrected chi connectivity index (χ4v) is 6.62. The second kappa shape index (κ2) is 13.2. The summed E-state index contributed by atoms with van der Waals surface area (Å²) in [5.74, 6) is -3.00. The number of nitrogens with zero attached hydrogens (tertiary/aromatic N) is 1. The molecule has 4 aromatic rings. The van der Waals surface area contributed by atoms with Crippen LogP contribution in [0.15, 0.2) is 103 Å². The Morgan fingerprint density at radius 2 is 1.42 bits per heavy atom. The topological polar surface area (TPSA) is 40.5 Å². The van der Waals surface area contributed by atoms with Crippen molar-refractivity contribution in [2.75, 3.05) is 13.1 Å². The first kappa shape index (κ1) is 30.6. The SMILES string of the molecule is CC(C)CC(C(=O)O)c1cc(-c2ccccc2)cc(C2CCCN(C(c3ccccc3)c3ccccc3)C2)c1C(F)(F)F. The molecule has 1 N–H and O–H groups in total. The van der Waals surface area contributed by atoms with Crippen molar-refractivity contribution in [2.24, 2.45) is 5.92 Å². The molecule has 0 aliphatic carbocycles. The van der Waals surface area contributed by atoms with Gasteiger partial charge in [-0.1, -0.05) is 111 Å². The molecule has 4 aromatic carbocycles. The van der Waals surface area contributed by atoms with Crippen molar-refractivity contribution in [2.45, 2.75) is 57.2 Å². The zero-order chi connectivity index (χ0) is 30.6. The molecule has 43 heavy (non-hydrogen) atoms. The maximum atomic E-state index is 15.1. The van der Waals surface area contributed by atoms with Crippen molar-refractivity contribution in [1.82, 2.24) is 4.90 Å². The van der Waals surface area contributed by atoms with Gasteiger partial charge < -0.3 is 5.11 Å². The van der Waals surface area contributed by atoms with Gasteiger partial charge in [0.15, 0.2) is 0 Å². The molecule has 224 valence electrons. The molecule has 6 heteroatoms. The molecule has 1 heterocycles. The van der Waals surface area contributed by atoms with Gasteiger partial charge in [-0.25, -0.2) is 0 Å². The summed E-state index contributed by atoms with van der Waals surface area (Å²) in [4.78, 5) is 14.8. The normalized spacial score (nSPS) is 16.9. The third-order valence-electron chi connectivity index (χ3n) is 8.46. The molecule has 0 amide bonds. The van der Waals surface area contributed by atoms with Crippen molar-refractivity contribution >= 4 is 5.97 Å². The van der Waals surface area contributed by atoms with Crippen LogP contribution in [0.25, 0.3) is 11.1 Å². The number of likely N-dealkylation sites (tertiary alicyclic amines) is 1. The Balaban J connectivity index is 1.66. The summed E-state index contributed by atoms with van der Waals surface area (Å²) in [6.45, 7) is 4.87. The molecule has 1 saturated heterocycles. The number of carboxylic acids is 1. The van der Waals surface area contributed by atoms with E-state index >= 15 is 13.2 Å². The van der Waals surface area contributed by atoms with E-state index in [0.29, 0.717) is 18.5 Å². The molecule has 2 unspecified atom stereocenters. The number of piperidine rings is 1. The Bertz CT molecular complexity index is 1460. The number of rotatable bonds is 9. The standard InChI is InChI=1S/C37H38F3NO2/c1-25(2)21-33(36(42)43)32-23-30(26-13-6-3-7-14-26)22-31(34(32)37(38,39)40)29-19-12-20-41(24-29)35(27-15-8-4-9-16-27)28-17-10-5-11-18-28/h3-11,13-18,22-23,25,29,33,35H,12,19-21,24H2,1-2H3,(H,42,43). The molecule has 5 rings (SSSR count). The first-order valence-electron chi connectivity index (χ1n) is 15.0. The fourth-order valence-electron chi connectivity index (χ4n) is 6.62. The maximum absolute atomic E-state index is 15.1. The van der Waals surface area contributed by atoms with Gasteiger partial charge in [0.25, 0.3) is 0 Å². The van der Waals surface area contributed by atoms with Crippen LogP contribution in [0.3, 0.4) is 0 Å². The molecule has 1 aliphatic rings. The van der Waals surface area contributed by atoms with Gasteiger partial charge in [0.2, 0.25) is 0 Å². The second-order valence-corrected chi connectivity index (χ2v) is 12.0. The lowest BCUT2D eigenvalue weighted by atomic mass is 9.78. The van der Waals surface area contributed by atoms with Crippen LogP contribution in [0, 0.1) is 5.92 Å². The lowest BCUT2D eigenvalue weighted by Crippen LogP contribution is -2.38. The first-order valence-corrected chi connectivity index (χ1v) is 15.0. The second-order valence-electron chi connectivity index (χ2n) is 12.0. The molecular weight excluding hydrogens is 547 g/mol. The molecule has 2 atom stereocenters. The molecule has 1 aliphatic heterocycles. The average molecular weight is 586 g/mol. The number of aliphatic carboxylic acids is 1. The minimum absolute atomic E-state index is 0.0892. The van der Waals surface area contributed by atoms with Crippen LogP contribution in [0.4, 0.5) is 13.2 Å². The molecule has 0 spiro atoms. The van der Waals surface area contributed by atoms with E-state index in [2.05, 4.69) is 29.2 Å². The maximum Gasteiger partial charge on any atom is 0.416 e. The van der Waals surface area contributed by atoms with Crippen LogP contribution < -0.4 is 0 Å². The number of halogens is 3. The van der Waals surface area contributed by atoms with Gasteiger partial charge in [-0.15, -0.1) is 0 Å². The summed E-state index contributed by atoms with van der Waals surface area (Å²) in [6.07, 6.45) is -3.26. The average Bonchev–Trinajstić information content (AvgIpc) is 3.00. The van der Waals surface area contributed by atoms with Gasteiger partial charge in [0.05, 0.1) is 17.5 Å². The zero-order valence-electron chi connectivity index (χ0n) is 24.6. The van der Waals surface area contributed by atoms with Crippen LogP contribution in [0.1, 0.15) is 78.8 Å². The Morgan fingerprint density at radius 1 is 0.860 bits per heavy atom. The zero-order valence-corrected chi connectivity index (χ0v) is 24.6. The summed E-state index contributed by atoms with van der Waals surface area (Å²) in [6, 6.07) is 32.5. The number of carbonyl (C=O) groups is 1. The van der Waals surface area contributed by atoms with Crippen LogP contribution in [-0.2, 0) is 11.0 Å². The van der Waals surface area contributed by atoms with Crippen molar-refractivity contribution in [1.29, 1.82) is 0 Å². The van der Waals surface area contributed by atoms with Crippen molar-refractivity contribution < 1.29 is 23.1 Å². The summed E-state index contributed by atoms with van der Waals surface area (Å²) >= 11 is 0. The fraction of sp³-hybridized carbons (Fsp3) is 0.324. The van der Waals surface area contributed by atoms with E-state index < -0.39 is 29.5 Å². The third kappa shape index (κ3) is 7.02. The van der Waals surface area contributed by atoms with Gasteiger partial charge in [0, 0.05) is 6.54 Å².